The topological polar surface area (TPSA) is 84.3 Å². The number of rotatable bonds is 5. The standard InChI is InChI=1S/C21H27BN4O2S/c22-16-3-1-14(2-4-16)15-5-10-26(11-6-15)20-23-17-7-12-29(28)18(17)19(24-20)25-21(13-27)8-9-21/h1-4,15,27H,5-13,22H2,(H,23,24,25). The highest BCUT2D eigenvalue weighted by molar-refractivity contribution is 7.91. The van der Waals surface area contributed by atoms with Crippen LogP contribution in [0.25, 0.3) is 0 Å². The average Bonchev–Trinajstić information content (AvgIpc) is 3.42. The first-order chi connectivity index (χ1) is 14.1. The SMILES string of the molecule is Bc1ccc(C2CCN(c3nc4c(c(NC5(CO)CC5)n3)[S+]([O-])CC4)CC2)cc1. The van der Waals surface area contributed by atoms with Crippen molar-refractivity contribution < 1.29 is 9.66 Å². The second-order valence-electron chi connectivity index (χ2n) is 8.68. The van der Waals surface area contributed by atoms with Gasteiger partial charge in [0, 0.05) is 19.5 Å². The number of aromatic nitrogens is 2. The fraction of sp³-hybridized carbons (Fsp3) is 0.524. The average molecular weight is 410 g/mol. The quantitative estimate of drug-likeness (QED) is 0.558. The number of aryl methyl sites for hydroxylation is 1. The van der Waals surface area contributed by atoms with Crippen molar-refractivity contribution >= 4 is 36.3 Å². The molecule has 0 bridgehead atoms. The van der Waals surface area contributed by atoms with Gasteiger partial charge in [-0.2, -0.15) is 4.98 Å². The van der Waals surface area contributed by atoms with Crippen molar-refractivity contribution in [3.05, 3.63) is 35.5 Å². The monoisotopic (exact) mass is 410 g/mol. The minimum absolute atomic E-state index is 0.0791. The van der Waals surface area contributed by atoms with Gasteiger partial charge in [0.15, 0.2) is 5.82 Å². The van der Waals surface area contributed by atoms with E-state index in [2.05, 4.69) is 42.3 Å². The van der Waals surface area contributed by atoms with Crippen LogP contribution in [0, 0.1) is 0 Å². The number of piperidine rings is 1. The maximum absolute atomic E-state index is 12.5. The van der Waals surface area contributed by atoms with Crippen molar-refractivity contribution in [2.75, 3.05) is 35.7 Å². The van der Waals surface area contributed by atoms with Gasteiger partial charge in [0.05, 0.1) is 12.1 Å². The molecule has 1 saturated carbocycles. The number of hydrogen-bond acceptors (Lipinski definition) is 6. The summed E-state index contributed by atoms with van der Waals surface area (Å²) in [6.07, 6.45) is 4.74. The first-order valence-electron chi connectivity index (χ1n) is 10.6. The van der Waals surface area contributed by atoms with E-state index in [1.165, 1.54) is 11.0 Å². The second-order valence-corrected chi connectivity index (χ2v) is 10.2. The van der Waals surface area contributed by atoms with Crippen molar-refractivity contribution in [1.29, 1.82) is 0 Å². The van der Waals surface area contributed by atoms with Gasteiger partial charge in [0.2, 0.25) is 10.8 Å². The molecule has 0 spiro atoms. The summed E-state index contributed by atoms with van der Waals surface area (Å²) in [5.41, 5.74) is 3.34. The normalized spacial score (nSPS) is 23.1. The molecule has 2 aliphatic heterocycles. The van der Waals surface area contributed by atoms with Gasteiger partial charge in [-0.1, -0.05) is 29.7 Å². The van der Waals surface area contributed by atoms with Crippen LogP contribution in [-0.2, 0) is 17.6 Å². The number of anilines is 2. The van der Waals surface area contributed by atoms with E-state index >= 15 is 0 Å². The summed E-state index contributed by atoms with van der Waals surface area (Å²) in [6.45, 7) is 1.92. The van der Waals surface area contributed by atoms with Gasteiger partial charge in [0.25, 0.3) is 0 Å². The maximum atomic E-state index is 12.5. The summed E-state index contributed by atoms with van der Waals surface area (Å²) >= 11 is -1.05. The third-order valence-electron chi connectivity index (χ3n) is 6.54. The van der Waals surface area contributed by atoms with E-state index in [0.717, 1.165) is 61.7 Å². The zero-order valence-electron chi connectivity index (χ0n) is 16.9. The number of aliphatic hydroxyl groups excluding tert-OH is 1. The van der Waals surface area contributed by atoms with Crippen molar-refractivity contribution in [3.63, 3.8) is 0 Å². The highest BCUT2D eigenvalue weighted by Crippen LogP contribution is 2.42. The fourth-order valence-corrected chi connectivity index (χ4v) is 5.69. The van der Waals surface area contributed by atoms with Crippen molar-refractivity contribution in [2.24, 2.45) is 0 Å². The van der Waals surface area contributed by atoms with Gasteiger partial charge in [0.1, 0.15) is 19.3 Å². The Balaban J connectivity index is 1.36. The highest BCUT2D eigenvalue weighted by Gasteiger charge is 2.45. The molecule has 3 aliphatic rings. The molecule has 5 rings (SSSR count). The molecule has 3 heterocycles. The molecule has 8 heteroatoms. The van der Waals surface area contributed by atoms with Crippen LogP contribution in [0.4, 0.5) is 11.8 Å². The minimum atomic E-state index is -1.05. The van der Waals surface area contributed by atoms with E-state index in [4.69, 9.17) is 9.97 Å². The number of nitrogens with one attached hydrogen (secondary N) is 1. The van der Waals surface area contributed by atoms with E-state index in [1.807, 2.05) is 0 Å². The molecule has 2 aromatic rings. The summed E-state index contributed by atoms with van der Waals surface area (Å²) < 4.78 is 12.5. The molecule has 1 unspecified atom stereocenters. The number of hydrogen-bond donors (Lipinski definition) is 2. The molecule has 2 fully saturated rings. The van der Waals surface area contributed by atoms with Gasteiger partial charge in [-0.3, -0.25) is 0 Å². The maximum Gasteiger partial charge on any atom is 0.227 e. The van der Waals surface area contributed by atoms with Crippen LogP contribution in [0.2, 0.25) is 0 Å². The predicted molar refractivity (Wildman–Crippen MR) is 118 cm³/mol. The summed E-state index contributed by atoms with van der Waals surface area (Å²) in [5.74, 6) is 2.61. The Morgan fingerprint density at radius 2 is 1.93 bits per heavy atom. The second kappa shape index (κ2) is 7.49. The molecule has 6 nitrogen and oxygen atoms in total. The molecule has 2 N–H and O–H groups in total. The molecule has 1 aliphatic carbocycles. The van der Waals surface area contributed by atoms with Gasteiger partial charge < -0.3 is 19.9 Å². The molecular formula is C21H27BN4O2S. The Labute approximate surface area is 175 Å². The third kappa shape index (κ3) is 3.73. The van der Waals surface area contributed by atoms with Crippen molar-refractivity contribution in [3.8, 4) is 0 Å². The molecular weight excluding hydrogens is 383 g/mol. The molecule has 152 valence electrons. The van der Waals surface area contributed by atoms with Crippen molar-refractivity contribution in [2.45, 2.75) is 48.5 Å². The molecule has 0 radical (unpaired) electrons. The van der Waals surface area contributed by atoms with Crippen LogP contribution < -0.4 is 15.7 Å². The Bertz CT molecular complexity index is 898. The lowest BCUT2D eigenvalue weighted by Gasteiger charge is -2.32. The Kier molecular flexibility index (Phi) is 4.96. The van der Waals surface area contributed by atoms with E-state index in [0.29, 0.717) is 17.5 Å². The largest absolute Gasteiger partial charge is 0.611 e. The van der Waals surface area contributed by atoms with E-state index in [9.17, 15) is 9.66 Å². The number of nitrogens with zero attached hydrogens (tertiary/aromatic N) is 3. The molecule has 1 atom stereocenters. The minimum Gasteiger partial charge on any atom is -0.611 e. The predicted octanol–water partition coefficient (Wildman–Crippen LogP) is 0.719. The van der Waals surface area contributed by atoms with E-state index in [1.54, 1.807) is 0 Å². The Morgan fingerprint density at radius 1 is 1.21 bits per heavy atom. The van der Waals surface area contributed by atoms with E-state index < -0.39 is 11.2 Å². The van der Waals surface area contributed by atoms with Gasteiger partial charge in [-0.15, -0.1) is 0 Å². The van der Waals surface area contributed by atoms with Gasteiger partial charge in [-0.05, 0) is 48.3 Å². The zero-order valence-corrected chi connectivity index (χ0v) is 17.7. The lowest BCUT2D eigenvalue weighted by molar-refractivity contribution is 0.265. The molecule has 1 aromatic heterocycles. The van der Waals surface area contributed by atoms with Crippen LogP contribution in [-0.4, -0.2) is 58.5 Å². The molecule has 29 heavy (non-hydrogen) atoms. The third-order valence-corrected chi connectivity index (χ3v) is 8.00. The number of fused-ring (bicyclic) bond motifs is 1. The smallest absolute Gasteiger partial charge is 0.227 e. The highest BCUT2D eigenvalue weighted by atomic mass is 32.2. The number of aliphatic hydroxyl groups is 1. The Hall–Kier alpha value is -1.77. The fourth-order valence-electron chi connectivity index (χ4n) is 4.39. The molecule has 0 amide bonds. The lowest BCUT2D eigenvalue weighted by Crippen LogP contribution is -2.35. The van der Waals surface area contributed by atoms with Crippen LogP contribution in [0.1, 0.15) is 42.9 Å². The summed E-state index contributed by atoms with van der Waals surface area (Å²) in [6, 6.07) is 8.89. The number of benzene rings is 1. The Morgan fingerprint density at radius 3 is 2.59 bits per heavy atom. The first-order valence-corrected chi connectivity index (χ1v) is 11.9. The van der Waals surface area contributed by atoms with Crippen LogP contribution in [0.5, 0.6) is 0 Å². The van der Waals surface area contributed by atoms with E-state index in [-0.39, 0.29) is 12.1 Å². The molecule has 1 aromatic carbocycles. The first kappa shape index (κ1) is 19.2. The zero-order chi connectivity index (χ0) is 20.0. The summed E-state index contributed by atoms with van der Waals surface area (Å²) in [4.78, 5) is 12.6. The van der Waals surface area contributed by atoms with Crippen LogP contribution in [0.3, 0.4) is 0 Å². The summed E-state index contributed by atoms with van der Waals surface area (Å²) in [5, 5.41) is 13.1. The van der Waals surface area contributed by atoms with Gasteiger partial charge >= 0.3 is 0 Å². The van der Waals surface area contributed by atoms with Crippen LogP contribution in [0.15, 0.2) is 29.2 Å². The molecule has 1 saturated heterocycles. The van der Waals surface area contributed by atoms with Crippen LogP contribution >= 0.6 is 0 Å². The van der Waals surface area contributed by atoms with Crippen molar-refractivity contribution in [1.82, 2.24) is 9.97 Å². The summed E-state index contributed by atoms with van der Waals surface area (Å²) in [7, 11) is 2.12. The van der Waals surface area contributed by atoms with Gasteiger partial charge in [-0.25, -0.2) is 4.98 Å². The lowest BCUT2D eigenvalue weighted by atomic mass is 9.87.